The van der Waals surface area contributed by atoms with Gasteiger partial charge in [-0.15, -0.1) is 0 Å². The lowest BCUT2D eigenvalue weighted by Crippen LogP contribution is -2.32. The average molecular weight is 435 g/mol. The lowest BCUT2D eigenvalue weighted by Gasteiger charge is -2.23. The topological polar surface area (TPSA) is 84.7 Å². The highest BCUT2D eigenvalue weighted by Crippen LogP contribution is 2.18. The van der Waals surface area contributed by atoms with Crippen LogP contribution in [0.5, 0.6) is 5.75 Å². The third kappa shape index (κ3) is 6.15. The number of amides is 2. The third-order valence-corrected chi connectivity index (χ3v) is 4.88. The molecule has 6 nitrogen and oxygen atoms in total. The van der Waals surface area contributed by atoms with Gasteiger partial charge in [0.1, 0.15) is 11.6 Å². The van der Waals surface area contributed by atoms with Crippen molar-refractivity contribution in [3.05, 3.63) is 95.3 Å². The predicted octanol–water partition coefficient (Wildman–Crippen LogP) is 4.08. The molecule has 0 saturated heterocycles. The van der Waals surface area contributed by atoms with Crippen molar-refractivity contribution in [1.82, 2.24) is 4.90 Å². The summed E-state index contributed by atoms with van der Waals surface area (Å²) in [7, 11) is 1.54. The Hall–Kier alpha value is -3.71. The Labute approximate surface area is 186 Å². The minimum absolute atomic E-state index is 0.267. The smallest absolute Gasteiger partial charge is 0.255 e. The molecule has 3 rings (SSSR count). The first-order valence-corrected chi connectivity index (χ1v) is 10.3. The van der Waals surface area contributed by atoms with E-state index >= 15 is 0 Å². The number of benzene rings is 3. The summed E-state index contributed by atoms with van der Waals surface area (Å²) in [6.07, 6.45) is 0.618. The van der Waals surface area contributed by atoms with Gasteiger partial charge in [-0.1, -0.05) is 24.3 Å². The standard InChI is InChI=1S/C25H26FN3O3/c1-32-23-11-4-7-19(16-23)24(30)28-22-10-2-6-18(14-22)17-29(13-5-12-27)25(31)20-8-3-9-21(26)15-20/h2-4,6-11,14-16H,5,12-13,17,27H2,1H3,(H,28,30). The molecule has 0 aliphatic carbocycles. The fraction of sp³-hybridized carbons (Fsp3) is 0.200. The van der Waals surface area contributed by atoms with Crippen LogP contribution < -0.4 is 15.8 Å². The molecule has 3 aromatic rings. The number of nitrogens with two attached hydrogens (primary N) is 1. The minimum atomic E-state index is -0.461. The van der Waals surface area contributed by atoms with E-state index in [1.54, 1.807) is 48.4 Å². The number of halogens is 1. The lowest BCUT2D eigenvalue weighted by atomic mass is 10.1. The van der Waals surface area contributed by atoms with E-state index in [2.05, 4.69) is 5.32 Å². The molecule has 0 unspecified atom stereocenters. The van der Waals surface area contributed by atoms with Crippen LogP contribution in [-0.4, -0.2) is 36.9 Å². The monoisotopic (exact) mass is 435 g/mol. The summed E-state index contributed by atoms with van der Waals surface area (Å²) in [5.41, 5.74) is 7.82. The molecule has 0 fully saturated rings. The summed E-state index contributed by atoms with van der Waals surface area (Å²) in [5.74, 6) is -0.407. The first-order chi connectivity index (χ1) is 15.5. The van der Waals surface area contributed by atoms with Crippen molar-refractivity contribution in [3.63, 3.8) is 0 Å². The molecule has 7 heteroatoms. The predicted molar refractivity (Wildman–Crippen MR) is 122 cm³/mol. The first kappa shape index (κ1) is 23.0. The van der Waals surface area contributed by atoms with Gasteiger partial charge in [-0.25, -0.2) is 4.39 Å². The SMILES string of the molecule is COc1cccc(C(=O)Nc2cccc(CN(CCCN)C(=O)c3cccc(F)c3)c2)c1. The highest BCUT2D eigenvalue weighted by atomic mass is 19.1. The van der Waals surface area contributed by atoms with Crippen molar-refractivity contribution in [2.45, 2.75) is 13.0 Å². The Kier molecular flexibility index (Phi) is 7.94. The molecule has 0 radical (unpaired) electrons. The Bertz CT molecular complexity index is 1090. The van der Waals surface area contributed by atoms with Gasteiger partial charge in [0, 0.05) is 29.9 Å². The summed E-state index contributed by atoms with van der Waals surface area (Å²) in [4.78, 5) is 27.2. The number of nitrogens with zero attached hydrogens (tertiary/aromatic N) is 1. The Morgan fingerprint density at radius 1 is 1.00 bits per heavy atom. The summed E-state index contributed by atoms with van der Waals surface area (Å²) in [6.45, 7) is 1.17. The molecule has 3 aromatic carbocycles. The molecule has 32 heavy (non-hydrogen) atoms. The summed E-state index contributed by atoms with van der Waals surface area (Å²) in [6, 6.07) is 19.8. The van der Waals surface area contributed by atoms with Gasteiger partial charge >= 0.3 is 0 Å². The van der Waals surface area contributed by atoms with Crippen LogP contribution >= 0.6 is 0 Å². The quantitative estimate of drug-likeness (QED) is 0.531. The maximum absolute atomic E-state index is 13.6. The van der Waals surface area contributed by atoms with Gasteiger partial charge in [-0.05, 0) is 67.1 Å². The van der Waals surface area contributed by atoms with E-state index in [9.17, 15) is 14.0 Å². The summed E-state index contributed by atoms with van der Waals surface area (Å²) < 4.78 is 18.8. The molecular weight excluding hydrogens is 409 g/mol. The van der Waals surface area contributed by atoms with Crippen LogP contribution in [0, 0.1) is 5.82 Å². The van der Waals surface area contributed by atoms with Gasteiger partial charge in [0.05, 0.1) is 7.11 Å². The van der Waals surface area contributed by atoms with Crippen molar-refractivity contribution in [2.75, 3.05) is 25.5 Å². The first-order valence-electron chi connectivity index (χ1n) is 10.3. The van der Waals surface area contributed by atoms with Gasteiger partial charge in [0.15, 0.2) is 0 Å². The zero-order valence-corrected chi connectivity index (χ0v) is 17.9. The van der Waals surface area contributed by atoms with E-state index in [1.165, 1.54) is 18.2 Å². The number of anilines is 1. The normalized spacial score (nSPS) is 10.5. The van der Waals surface area contributed by atoms with Crippen molar-refractivity contribution in [3.8, 4) is 5.75 Å². The van der Waals surface area contributed by atoms with Gasteiger partial charge in [0.2, 0.25) is 0 Å². The highest BCUT2D eigenvalue weighted by Gasteiger charge is 2.17. The molecule has 0 saturated carbocycles. The lowest BCUT2D eigenvalue weighted by molar-refractivity contribution is 0.0741. The molecule has 2 amide bonds. The molecule has 0 bridgehead atoms. The average Bonchev–Trinajstić information content (AvgIpc) is 2.81. The molecular formula is C25H26FN3O3. The molecule has 0 spiro atoms. The Balaban J connectivity index is 1.75. The zero-order chi connectivity index (χ0) is 22.9. The molecule has 0 aliphatic rings. The molecule has 0 aromatic heterocycles. The van der Waals surface area contributed by atoms with Crippen LogP contribution in [0.2, 0.25) is 0 Å². The molecule has 3 N–H and O–H groups in total. The largest absolute Gasteiger partial charge is 0.497 e. The number of ether oxygens (including phenoxy) is 1. The van der Waals surface area contributed by atoms with Gasteiger partial charge in [-0.3, -0.25) is 9.59 Å². The van der Waals surface area contributed by atoms with Crippen molar-refractivity contribution in [1.29, 1.82) is 0 Å². The second-order valence-corrected chi connectivity index (χ2v) is 7.27. The van der Waals surface area contributed by atoms with Crippen LogP contribution in [0.1, 0.15) is 32.7 Å². The molecule has 0 aliphatic heterocycles. The fourth-order valence-electron chi connectivity index (χ4n) is 3.27. The second-order valence-electron chi connectivity index (χ2n) is 7.27. The van der Waals surface area contributed by atoms with E-state index in [0.717, 1.165) is 5.56 Å². The number of hydrogen-bond acceptors (Lipinski definition) is 4. The van der Waals surface area contributed by atoms with E-state index < -0.39 is 5.82 Å². The number of methoxy groups -OCH3 is 1. The number of rotatable bonds is 9. The molecule has 0 heterocycles. The Morgan fingerprint density at radius 2 is 1.75 bits per heavy atom. The number of carbonyl (C=O) groups excluding carboxylic acids is 2. The fourth-order valence-corrected chi connectivity index (χ4v) is 3.27. The second kappa shape index (κ2) is 11.1. The highest BCUT2D eigenvalue weighted by molar-refractivity contribution is 6.04. The van der Waals surface area contributed by atoms with Gasteiger partial charge in [-0.2, -0.15) is 0 Å². The van der Waals surface area contributed by atoms with Crippen LogP contribution in [0.4, 0.5) is 10.1 Å². The maximum atomic E-state index is 13.6. The van der Waals surface area contributed by atoms with E-state index in [1.807, 2.05) is 18.2 Å². The van der Waals surface area contributed by atoms with E-state index in [0.29, 0.717) is 43.1 Å². The van der Waals surface area contributed by atoms with Crippen LogP contribution in [0.25, 0.3) is 0 Å². The van der Waals surface area contributed by atoms with Crippen molar-refractivity contribution >= 4 is 17.5 Å². The van der Waals surface area contributed by atoms with Crippen LogP contribution in [-0.2, 0) is 6.54 Å². The number of carbonyl (C=O) groups is 2. The third-order valence-electron chi connectivity index (χ3n) is 4.88. The zero-order valence-electron chi connectivity index (χ0n) is 17.9. The van der Waals surface area contributed by atoms with Gasteiger partial charge in [0.25, 0.3) is 11.8 Å². The number of nitrogens with one attached hydrogen (secondary N) is 1. The van der Waals surface area contributed by atoms with Crippen molar-refractivity contribution < 1.29 is 18.7 Å². The van der Waals surface area contributed by atoms with E-state index in [-0.39, 0.29) is 17.4 Å². The summed E-state index contributed by atoms with van der Waals surface area (Å²) >= 11 is 0. The maximum Gasteiger partial charge on any atom is 0.255 e. The van der Waals surface area contributed by atoms with Gasteiger partial charge < -0.3 is 20.7 Å². The molecule has 0 atom stereocenters. The van der Waals surface area contributed by atoms with Crippen molar-refractivity contribution in [2.24, 2.45) is 5.73 Å². The Morgan fingerprint density at radius 3 is 2.50 bits per heavy atom. The van der Waals surface area contributed by atoms with Crippen LogP contribution in [0.15, 0.2) is 72.8 Å². The van der Waals surface area contributed by atoms with E-state index in [4.69, 9.17) is 10.5 Å². The van der Waals surface area contributed by atoms with Crippen LogP contribution in [0.3, 0.4) is 0 Å². The minimum Gasteiger partial charge on any atom is -0.497 e. The molecule has 166 valence electrons. The number of hydrogen-bond donors (Lipinski definition) is 2. The summed E-state index contributed by atoms with van der Waals surface area (Å²) in [5, 5.41) is 2.87.